The van der Waals surface area contributed by atoms with E-state index in [1.807, 2.05) is 0 Å². The Morgan fingerprint density at radius 3 is 2.50 bits per heavy atom. The van der Waals surface area contributed by atoms with Crippen molar-refractivity contribution < 1.29 is 13.5 Å². The van der Waals surface area contributed by atoms with Gasteiger partial charge in [-0.2, -0.15) is 0 Å². The lowest BCUT2D eigenvalue weighted by atomic mass is 9.78. The van der Waals surface area contributed by atoms with Crippen molar-refractivity contribution in [2.45, 2.75) is 31.1 Å². The fraction of sp³-hybridized carbons (Fsp3) is 0.538. The first-order valence-electron chi connectivity index (χ1n) is 5.98. The highest BCUT2D eigenvalue weighted by Crippen LogP contribution is 2.47. The van der Waals surface area contributed by atoms with E-state index in [1.54, 1.807) is 0 Å². The minimum atomic E-state index is -0.949. The van der Waals surface area contributed by atoms with Crippen molar-refractivity contribution in [2.75, 3.05) is 13.7 Å². The van der Waals surface area contributed by atoms with Crippen LogP contribution in [0.5, 0.6) is 5.75 Å². The second kappa shape index (κ2) is 5.02. The van der Waals surface area contributed by atoms with E-state index in [0.717, 1.165) is 31.7 Å². The summed E-state index contributed by atoms with van der Waals surface area (Å²) in [6.45, 7) is 0.264. The molecule has 2 rings (SSSR count). The lowest BCUT2D eigenvalue weighted by Crippen LogP contribution is -2.34. The predicted molar refractivity (Wildman–Crippen MR) is 67.1 cm³/mol. The minimum Gasteiger partial charge on any atom is -0.495 e. The van der Waals surface area contributed by atoms with Gasteiger partial charge in [-0.25, -0.2) is 8.78 Å². The summed E-state index contributed by atoms with van der Waals surface area (Å²) < 4.78 is 32.9. The maximum absolute atomic E-state index is 14.1. The predicted octanol–water partition coefficient (Wildman–Crippen LogP) is 3.40. The van der Waals surface area contributed by atoms with Gasteiger partial charge in [0.15, 0.2) is 11.6 Å². The first-order valence-corrected chi connectivity index (χ1v) is 6.35. The highest BCUT2D eigenvalue weighted by Gasteiger charge is 2.40. The largest absolute Gasteiger partial charge is 0.495 e. The number of nitrogens with two attached hydrogens (primary N) is 1. The number of ether oxygens (including phenoxy) is 1. The van der Waals surface area contributed by atoms with E-state index in [2.05, 4.69) is 0 Å². The molecule has 0 spiro atoms. The molecule has 0 atom stereocenters. The molecule has 18 heavy (non-hydrogen) atoms. The number of rotatable bonds is 3. The van der Waals surface area contributed by atoms with Crippen molar-refractivity contribution >= 4 is 11.6 Å². The molecule has 1 aromatic rings. The highest BCUT2D eigenvalue weighted by atomic mass is 35.5. The van der Waals surface area contributed by atoms with Crippen LogP contribution in [0, 0.1) is 11.6 Å². The molecule has 1 aromatic carbocycles. The summed E-state index contributed by atoms with van der Waals surface area (Å²) in [6, 6.07) is 0.943. The molecular formula is C13H16ClF2NO. The van der Waals surface area contributed by atoms with Gasteiger partial charge < -0.3 is 10.5 Å². The SMILES string of the molecule is COc1c(Cl)cc(F)c(F)c1C1(CN)CCCC1. The molecule has 2 N–H and O–H groups in total. The van der Waals surface area contributed by atoms with E-state index in [0.29, 0.717) is 0 Å². The standard InChI is InChI=1S/C13H16ClF2NO/c1-18-12-8(14)6-9(15)11(16)10(12)13(7-17)4-2-3-5-13/h6H,2-5,7,17H2,1H3. The summed E-state index contributed by atoms with van der Waals surface area (Å²) >= 11 is 5.93. The van der Waals surface area contributed by atoms with Gasteiger partial charge in [0.25, 0.3) is 0 Å². The zero-order valence-corrected chi connectivity index (χ0v) is 11.0. The maximum atomic E-state index is 14.1. The molecule has 0 bridgehead atoms. The van der Waals surface area contributed by atoms with Gasteiger partial charge in [0.05, 0.1) is 12.1 Å². The van der Waals surface area contributed by atoms with Crippen LogP contribution in [0.2, 0.25) is 5.02 Å². The average Bonchev–Trinajstić information content (AvgIpc) is 2.83. The van der Waals surface area contributed by atoms with Gasteiger partial charge in [-0.15, -0.1) is 0 Å². The molecule has 1 fully saturated rings. The molecule has 100 valence electrons. The van der Waals surface area contributed by atoms with Crippen LogP contribution in [0.3, 0.4) is 0 Å². The molecule has 0 amide bonds. The van der Waals surface area contributed by atoms with Gasteiger partial charge in [0, 0.05) is 17.5 Å². The van der Waals surface area contributed by atoms with Crippen molar-refractivity contribution in [3.63, 3.8) is 0 Å². The van der Waals surface area contributed by atoms with E-state index in [1.165, 1.54) is 7.11 Å². The summed E-state index contributed by atoms with van der Waals surface area (Å²) in [6.07, 6.45) is 3.37. The average molecular weight is 276 g/mol. The third-order valence-corrected chi connectivity index (χ3v) is 4.09. The van der Waals surface area contributed by atoms with Crippen molar-refractivity contribution in [2.24, 2.45) is 5.73 Å². The maximum Gasteiger partial charge on any atom is 0.166 e. The van der Waals surface area contributed by atoms with Crippen LogP contribution in [-0.4, -0.2) is 13.7 Å². The summed E-state index contributed by atoms with van der Waals surface area (Å²) in [5.41, 5.74) is 5.46. The molecule has 1 saturated carbocycles. The Morgan fingerprint density at radius 2 is 2.00 bits per heavy atom. The highest BCUT2D eigenvalue weighted by molar-refractivity contribution is 6.32. The Balaban J connectivity index is 2.67. The fourth-order valence-electron chi connectivity index (χ4n) is 2.86. The Morgan fingerprint density at radius 1 is 1.39 bits per heavy atom. The molecule has 5 heteroatoms. The first-order chi connectivity index (χ1) is 8.55. The van der Waals surface area contributed by atoms with E-state index in [-0.39, 0.29) is 22.9 Å². The Labute approximate surface area is 110 Å². The van der Waals surface area contributed by atoms with E-state index >= 15 is 0 Å². The van der Waals surface area contributed by atoms with E-state index < -0.39 is 17.0 Å². The summed E-state index contributed by atoms with van der Waals surface area (Å²) in [5, 5.41) is 0.0890. The van der Waals surface area contributed by atoms with Crippen molar-refractivity contribution in [1.29, 1.82) is 0 Å². The zero-order valence-electron chi connectivity index (χ0n) is 10.2. The molecule has 0 heterocycles. The molecule has 2 nitrogen and oxygen atoms in total. The van der Waals surface area contributed by atoms with Crippen molar-refractivity contribution in [3.8, 4) is 5.75 Å². The van der Waals surface area contributed by atoms with Crippen LogP contribution >= 0.6 is 11.6 Å². The smallest absolute Gasteiger partial charge is 0.166 e. The van der Waals surface area contributed by atoms with Gasteiger partial charge in [-0.3, -0.25) is 0 Å². The van der Waals surface area contributed by atoms with Crippen molar-refractivity contribution in [3.05, 3.63) is 28.3 Å². The molecule has 0 saturated heterocycles. The van der Waals surface area contributed by atoms with Gasteiger partial charge in [0.1, 0.15) is 5.75 Å². The summed E-state index contributed by atoms with van der Waals surface area (Å²) in [7, 11) is 1.40. The Hall–Kier alpha value is -0.870. The number of hydrogen-bond donors (Lipinski definition) is 1. The van der Waals surface area contributed by atoms with Gasteiger partial charge in [0.2, 0.25) is 0 Å². The monoisotopic (exact) mass is 275 g/mol. The quantitative estimate of drug-likeness (QED) is 0.858. The van der Waals surface area contributed by atoms with Crippen LogP contribution in [0.1, 0.15) is 31.2 Å². The van der Waals surface area contributed by atoms with E-state index in [9.17, 15) is 8.78 Å². The minimum absolute atomic E-state index is 0.0890. The number of halogens is 3. The van der Waals surface area contributed by atoms with Crippen LogP contribution in [-0.2, 0) is 5.41 Å². The molecule has 0 radical (unpaired) electrons. The van der Waals surface area contributed by atoms with Crippen LogP contribution in [0.15, 0.2) is 6.07 Å². The molecular weight excluding hydrogens is 260 g/mol. The molecule has 0 aromatic heterocycles. The summed E-state index contributed by atoms with van der Waals surface area (Å²) in [4.78, 5) is 0. The lowest BCUT2D eigenvalue weighted by molar-refractivity contribution is 0.354. The number of benzene rings is 1. The van der Waals surface area contributed by atoms with Crippen LogP contribution < -0.4 is 10.5 Å². The third-order valence-electron chi connectivity index (χ3n) is 3.81. The fourth-order valence-corrected chi connectivity index (χ4v) is 3.13. The molecule has 1 aliphatic carbocycles. The summed E-state index contributed by atoms with van der Waals surface area (Å²) in [5.74, 6) is -1.62. The van der Waals surface area contributed by atoms with Crippen molar-refractivity contribution in [1.82, 2.24) is 0 Å². The van der Waals surface area contributed by atoms with Gasteiger partial charge >= 0.3 is 0 Å². The molecule has 1 aliphatic rings. The Kier molecular flexibility index (Phi) is 3.78. The normalized spacial score (nSPS) is 18.1. The third kappa shape index (κ3) is 1.97. The second-order valence-electron chi connectivity index (χ2n) is 4.75. The van der Waals surface area contributed by atoms with Gasteiger partial charge in [-0.1, -0.05) is 24.4 Å². The van der Waals surface area contributed by atoms with E-state index in [4.69, 9.17) is 22.1 Å². The molecule has 0 aliphatic heterocycles. The first kappa shape index (κ1) is 13.6. The number of methoxy groups -OCH3 is 1. The Bertz CT molecular complexity index is 459. The van der Waals surface area contributed by atoms with Crippen LogP contribution in [0.4, 0.5) is 8.78 Å². The van der Waals surface area contributed by atoms with Gasteiger partial charge in [-0.05, 0) is 18.9 Å². The topological polar surface area (TPSA) is 35.2 Å². The second-order valence-corrected chi connectivity index (χ2v) is 5.16. The van der Waals surface area contributed by atoms with Crippen LogP contribution in [0.25, 0.3) is 0 Å². The number of hydrogen-bond acceptors (Lipinski definition) is 2. The zero-order chi connectivity index (χ0) is 13.3. The lowest BCUT2D eigenvalue weighted by Gasteiger charge is -2.30. The molecule has 0 unspecified atom stereocenters.